The Hall–Kier alpha value is -1.20. The first-order chi connectivity index (χ1) is 8.60. The molecule has 1 saturated heterocycles. The van der Waals surface area contributed by atoms with Gasteiger partial charge in [-0.15, -0.1) is 0 Å². The molecule has 1 unspecified atom stereocenters. The second-order valence-electron chi connectivity index (χ2n) is 4.67. The first kappa shape index (κ1) is 13.2. The number of methoxy groups -OCH3 is 1. The summed E-state index contributed by atoms with van der Waals surface area (Å²) >= 11 is 5.04. The fourth-order valence-corrected chi connectivity index (χ4v) is 2.41. The van der Waals surface area contributed by atoms with Crippen LogP contribution in [0.1, 0.15) is 24.1 Å². The first-order valence-corrected chi connectivity index (χ1v) is 6.57. The topological polar surface area (TPSA) is 51.4 Å². The second kappa shape index (κ2) is 5.63. The molecule has 0 aliphatic carbocycles. The fraction of sp³-hybridized carbons (Fsp3) is 0.538. The molecule has 1 aromatic heterocycles. The van der Waals surface area contributed by atoms with Gasteiger partial charge in [0.2, 0.25) is 0 Å². The van der Waals surface area contributed by atoms with E-state index >= 15 is 0 Å². The number of nitrogens with two attached hydrogens (primary N) is 1. The largest absolute Gasteiger partial charge is 0.389 e. The van der Waals surface area contributed by atoms with Crippen molar-refractivity contribution in [1.82, 2.24) is 4.98 Å². The number of aryl methyl sites for hydroxylation is 1. The van der Waals surface area contributed by atoms with Crippen LogP contribution in [0.2, 0.25) is 0 Å². The van der Waals surface area contributed by atoms with Crippen molar-refractivity contribution in [3.63, 3.8) is 0 Å². The second-order valence-corrected chi connectivity index (χ2v) is 5.11. The molecule has 1 aliphatic heterocycles. The summed E-state index contributed by atoms with van der Waals surface area (Å²) in [6.45, 7) is 3.85. The smallest absolute Gasteiger partial charge is 0.129 e. The highest BCUT2D eigenvalue weighted by molar-refractivity contribution is 7.80. The van der Waals surface area contributed by atoms with Crippen LogP contribution in [0.5, 0.6) is 0 Å². The lowest BCUT2D eigenvalue weighted by Crippen LogP contribution is -2.39. The summed E-state index contributed by atoms with van der Waals surface area (Å²) in [6.07, 6.45) is 2.52. The summed E-state index contributed by atoms with van der Waals surface area (Å²) in [5.41, 5.74) is 7.52. The number of piperidine rings is 1. The van der Waals surface area contributed by atoms with Crippen molar-refractivity contribution in [2.45, 2.75) is 25.9 Å². The Morgan fingerprint density at radius 3 is 3.00 bits per heavy atom. The lowest BCUT2D eigenvalue weighted by molar-refractivity contribution is 0.0891. The van der Waals surface area contributed by atoms with Gasteiger partial charge in [0.05, 0.1) is 6.10 Å². The molecule has 0 spiro atoms. The molecule has 1 aliphatic rings. The molecular formula is C13H19N3OS. The van der Waals surface area contributed by atoms with Gasteiger partial charge in [-0.3, -0.25) is 0 Å². The van der Waals surface area contributed by atoms with Crippen molar-refractivity contribution < 1.29 is 4.74 Å². The molecule has 0 saturated carbocycles. The molecule has 18 heavy (non-hydrogen) atoms. The molecule has 98 valence electrons. The predicted octanol–water partition coefficient (Wildman–Crippen LogP) is 1.64. The lowest BCUT2D eigenvalue weighted by Gasteiger charge is -2.33. The van der Waals surface area contributed by atoms with Crippen molar-refractivity contribution in [3.8, 4) is 0 Å². The van der Waals surface area contributed by atoms with Crippen molar-refractivity contribution in [1.29, 1.82) is 0 Å². The Kier molecular flexibility index (Phi) is 4.14. The maximum absolute atomic E-state index is 5.69. The van der Waals surface area contributed by atoms with Crippen LogP contribution in [0, 0.1) is 6.92 Å². The molecular weight excluding hydrogens is 246 g/mol. The molecule has 1 aromatic rings. The van der Waals surface area contributed by atoms with Gasteiger partial charge in [0, 0.05) is 31.5 Å². The molecule has 0 bridgehead atoms. The number of anilines is 1. The highest BCUT2D eigenvalue weighted by Gasteiger charge is 2.21. The van der Waals surface area contributed by atoms with Gasteiger partial charge in [-0.05, 0) is 31.9 Å². The minimum absolute atomic E-state index is 0.286. The number of aromatic nitrogens is 1. The summed E-state index contributed by atoms with van der Waals surface area (Å²) in [5.74, 6) is 0.944. The van der Waals surface area contributed by atoms with E-state index in [9.17, 15) is 0 Å². The number of ether oxygens (including phenoxy) is 1. The summed E-state index contributed by atoms with van der Waals surface area (Å²) in [4.78, 5) is 7.22. The van der Waals surface area contributed by atoms with Gasteiger partial charge < -0.3 is 15.4 Å². The van der Waals surface area contributed by atoms with Crippen LogP contribution in [0.3, 0.4) is 0 Å². The van der Waals surface area contributed by atoms with E-state index in [4.69, 9.17) is 22.7 Å². The standard InChI is InChI=1S/C13H19N3OS/c1-9-6-10(13(14)18)7-12(15-9)16-5-3-4-11(8-16)17-2/h6-7,11H,3-5,8H2,1-2H3,(H2,14,18). The highest BCUT2D eigenvalue weighted by Crippen LogP contribution is 2.21. The van der Waals surface area contributed by atoms with Crippen molar-refractivity contribution in [3.05, 3.63) is 23.4 Å². The summed E-state index contributed by atoms with van der Waals surface area (Å²) < 4.78 is 5.43. The molecule has 1 atom stereocenters. The molecule has 0 aromatic carbocycles. The Morgan fingerprint density at radius 1 is 1.56 bits per heavy atom. The SMILES string of the molecule is COC1CCCN(c2cc(C(N)=S)cc(C)n2)C1. The van der Waals surface area contributed by atoms with Crippen LogP contribution in [0.15, 0.2) is 12.1 Å². The molecule has 2 heterocycles. The Bertz CT molecular complexity index is 450. The van der Waals surface area contributed by atoms with Crippen LogP contribution in [0.25, 0.3) is 0 Å². The monoisotopic (exact) mass is 265 g/mol. The zero-order chi connectivity index (χ0) is 13.1. The van der Waals surface area contributed by atoms with E-state index in [0.717, 1.165) is 43.0 Å². The van der Waals surface area contributed by atoms with Crippen LogP contribution in [-0.2, 0) is 4.74 Å². The number of rotatable bonds is 3. The van der Waals surface area contributed by atoms with Gasteiger partial charge in [-0.1, -0.05) is 12.2 Å². The zero-order valence-corrected chi connectivity index (χ0v) is 11.7. The zero-order valence-electron chi connectivity index (χ0n) is 10.8. The van der Waals surface area contributed by atoms with E-state index in [0.29, 0.717) is 4.99 Å². The third-order valence-corrected chi connectivity index (χ3v) is 3.50. The van der Waals surface area contributed by atoms with Crippen LogP contribution < -0.4 is 10.6 Å². The number of nitrogens with zero attached hydrogens (tertiary/aromatic N) is 2. The van der Waals surface area contributed by atoms with Gasteiger partial charge in [0.1, 0.15) is 10.8 Å². The number of hydrogen-bond acceptors (Lipinski definition) is 4. The minimum Gasteiger partial charge on any atom is -0.389 e. The molecule has 2 N–H and O–H groups in total. The third kappa shape index (κ3) is 2.97. The van der Waals surface area contributed by atoms with E-state index in [1.54, 1.807) is 7.11 Å². The summed E-state index contributed by atoms with van der Waals surface area (Å²) in [7, 11) is 1.76. The lowest BCUT2D eigenvalue weighted by atomic mass is 10.1. The molecule has 0 radical (unpaired) electrons. The molecule has 1 fully saturated rings. The molecule has 2 rings (SSSR count). The summed E-state index contributed by atoms with van der Waals surface area (Å²) in [6, 6.07) is 3.89. The number of pyridine rings is 1. The first-order valence-electron chi connectivity index (χ1n) is 6.16. The Balaban J connectivity index is 2.24. The fourth-order valence-electron chi connectivity index (χ4n) is 2.29. The normalized spacial score (nSPS) is 19.9. The van der Waals surface area contributed by atoms with Crippen LogP contribution in [-0.4, -0.2) is 36.3 Å². The van der Waals surface area contributed by atoms with Gasteiger partial charge in [-0.2, -0.15) is 0 Å². The quantitative estimate of drug-likeness (QED) is 0.842. The summed E-state index contributed by atoms with van der Waals surface area (Å²) in [5, 5.41) is 0. The van der Waals surface area contributed by atoms with Crippen molar-refractivity contribution in [2.24, 2.45) is 5.73 Å². The van der Waals surface area contributed by atoms with Crippen LogP contribution in [0.4, 0.5) is 5.82 Å². The van der Waals surface area contributed by atoms with Gasteiger partial charge >= 0.3 is 0 Å². The molecule has 4 nitrogen and oxygen atoms in total. The van der Waals surface area contributed by atoms with Crippen molar-refractivity contribution in [2.75, 3.05) is 25.1 Å². The molecule has 5 heteroatoms. The number of thiocarbonyl (C=S) groups is 1. The highest BCUT2D eigenvalue weighted by atomic mass is 32.1. The predicted molar refractivity (Wildman–Crippen MR) is 77.1 cm³/mol. The maximum Gasteiger partial charge on any atom is 0.129 e. The van der Waals surface area contributed by atoms with Crippen LogP contribution >= 0.6 is 12.2 Å². The van der Waals surface area contributed by atoms with Gasteiger partial charge in [0.15, 0.2) is 0 Å². The maximum atomic E-state index is 5.69. The van der Waals surface area contributed by atoms with Crippen molar-refractivity contribution >= 4 is 23.0 Å². The minimum atomic E-state index is 0.286. The van der Waals surface area contributed by atoms with E-state index < -0.39 is 0 Å². The number of hydrogen-bond donors (Lipinski definition) is 1. The Labute approximate surface area is 113 Å². The average Bonchev–Trinajstić information content (AvgIpc) is 2.38. The Morgan fingerprint density at radius 2 is 2.33 bits per heavy atom. The van der Waals surface area contributed by atoms with E-state index in [1.165, 1.54) is 0 Å². The van der Waals surface area contributed by atoms with E-state index in [-0.39, 0.29) is 6.10 Å². The van der Waals surface area contributed by atoms with E-state index in [2.05, 4.69) is 9.88 Å². The average molecular weight is 265 g/mol. The van der Waals surface area contributed by atoms with Gasteiger partial charge in [0.25, 0.3) is 0 Å². The molecule has 0 amide bonds. The van der Waals surface area contributed by atoms with E-state index in [1.807, 2.05) is 19.1 Å². The third-order valence-electron chi connectivity index (χ3n) is 3.26. The van der Waals surface area contributed by atoms with Gasteiger partial charge in [-0.25, -0.2) is 4.98 Å².